The van der Waals surface area contributed by atoms with Gasteiger partial charge in [0.15, 0.2) is 0 Å². The normalized spacial score (nSPS) is 32.0. The summed E-state index contributed by atoms with van der Waals surface area (Å²) in [7, 11) is 0. The Kier molecular flexibility index (Phi) is 4.35. The van der Waals surface area contributed by atoms with Crippen molar-refractivity contribution >= 4 is 6.03 Å². The maximum Gasteiger partial charge on any atom is 0.320 e. The standard InChI is InChI=1S/C19H29N5O3/c25-18(23-7-1-2-8-23)24-10-6-19(26)5-9-22(11-15(19)12-24)13-16-20-21-17(27-16)14-3-4-14/h14-15,26H,1-13H2/t15-,19-/m1/s1. The van der Waals surface area contributed by atoms with E-state index in [-0.39, 0.29) is 11.9 Å². The second-order valence-electron chi connectivity index (χ2n) is 8.77. The van der Waals surface area contributed by atoms with Crippen molar-refractivity contribution < 1.29 is 14.3 Å². The number of likely N-dealkylation sites (tertiary alicyclic amines) is 3. The van der Waals surface area contributed by atoms with Gasteiger partial charge >= 0.3 is 6.03 Å². The molecule has 3 aliphatic heterocycles. The summed E-state index contributed by atoms with van der Waals surface area (Å²) < 4.78 is 5.80. The summed E-state index contributed by atoms with van der Waals surface area (Å²) >= 11 is 0. The fourth-order valence-corrected chi connectivity index (χ4v) is 4.81. The summed E-state index contributed by atoms with van der Waals surface area (Å²) in [5.74, 6) is 2.00. The number of carbonyl (C=O) groups is 1. The molecule has 1 aromatic rings. The molecule has 3 saturated heterocycles. The number of fused-ring (bicyclic) bond motifs is 1. The number of nitrogens with zero attached hydrogens (tertiary/aromatic N) is 5. The zero-order valence-corrected chi connectivity index (χ0v) is 15.8. The smallest absolute Gasteiger partial charge is 0.320 e. The summed E-state index contributed by atoms with van der Waals surface area (Å²) in [5.41, 5.74) is -0.647. The Labute approximate surface area is 159 Å². The van der Waals surface area contributed by atoms with Crippen LogP contribution in [0.3, 0.4) is 0 Å². The molecule has 27 heavy (non-hydrogen) atoms. The predicted octanol–water partition coefficient (Wildman–Crippen LogP) is 1.42. The Balaban J connectivity index is 1.22. The minimum Gasteiger partial charge on any atom is -0.424 e. The van der Waals surface area contributed by atoms with Gasteiger partial charge in [-0.15, -0.1) is 10.2 Å². The van der Waals surface area contributed by atoms with Gasteiger partial charge in [0.05, 0.1) is 12.1 Å². The average Bonchev–Trinajstić information content (AvgIpc) is 3.17. The van der Waals surface area contributed by atoms with E-state index in [9.17, 15) is 9.90 Å². The predicted molar refractivity (Wildman–Crippen MR) is 97.0 cm³/mol. The summed E-state index contributed by atoms with van der Waals surface area (Å²) in [6, 6.07) is 0.151. The molecule has 1 aromatic heterocycles. The first-order valence-electron chi connectivity index (χ1n) is 10.4. The van der Waals surface area contributed by atoms with Crippen LogP contribution in [-0.2, 0) is 6.54 Å². The lowest BCUT2D eigenvalue weighted by Crippen LogP contribution is -2.61. The molecule has 4 aliphatic rings. The first kappa shape index (κ1) is 17.4. The summed E-state index contributed by atoms with van der Waals surface area (Å²) in [4.78, 5) is 18.9. The molecule has 0 spiro atoms. The zero-order chi connectivity index (χ0) is 18.4. The van der Waals surface area contributed by atoms with Crippen LogP contribution in [0.25, 0.3) is 0 Å². The first-order valence-corrected chi connectivity index (χ1v) is 10.4. The highest BCUT2D eigenvalue weighted by molar-refractivity contribution is 5.74. The molecule has 0 radical (unpaired) electrons. The van der Waals surface area contributed by atoms with Crippen LogP contribution < -0.4 is 0 Å². The van der Waals surface area contributed by atoms with Crippen molar-refractivity contribution in [3.8, 4) is 0 Å². The van der Waals surface area contributed by atoms with Crippen molar-refractivity contribution in [1.29, 1.82) is 0 Å². The number of hydrogen-bond donors (Lipinski definition) is 1. The van der Waals surface area contributed by atoms with E-state index in [2.05, 4.69) is 15.1 Å². The van der Waals surface area contributed by atoms with Crippen molar-refractivity contribution in [3.63, 3.8) is 0 Å². The molecular weight excluding hydrogens is 346 g/mol. The lowest BCUT2D eigenvalue weighted by atomic mass is 9.75. The maximum absolute atomic E-state index is 12.7. The molecule has 4 heterocycles. The average molecular weight is 375 g/mol. The van der Waals surface area contributed by atoms with E-state index in [0.717, 1.165) is 64.2 Å². The van der Waals surface area contributed by atoms with Gasteiger partial charge in [0, 0.05) is 51.1 Å². The number of rotatable bonds is 3. The molecule has 5 rings (SSSR count). The van der Waals surface area contributed by atoms with E-state index in [1.807, 2.05) is 9.80 Å². The number of amides is 2. The first-order chi connectivity index (χ1) is 13.1. The molecule has 1 saturated carbocycles. The van der Waals surface area contributed by atoms with Gasteiger partial charge in [-0.2, -0.15) is 0 Å². The van der Waals surface area contributed by atoms with Crippen LogP contribution in [-0.4, -0.2) is 80.9 Å². The number of carbonyl (C=O) groups excluding carboxylic acids is 1. The molecule has 2 amide bonds. The van der Waals surface area contributed by atoms with E-state index in [4.69, 9.17) is 4.42 Å². The summed E-state index contributed by atoms with van der Waals surface area (Å²) in [6.45, 7) is 5.27. The second-order valence-corrected chi connectivity index (χ2v) is 8.77. The van der Waals surface area contributed by atoms with Gasteiger partial charge < -0.3 is 19.3 Å². The SMILES string of the molecule is O=C(N1CCCC1)N1CC[C@]2(O)CCN(Cc3nnc(C4CC4)o3)C[C@@H]2C1. The quantitative estimate of drug-likeness (QED) is 0.860. The summed E-state index contributed by atoms with van der Waals surface area (Å²) in [6.07, 6.45) is 5.94. The van der Waals surface area contributed by atoms with Crippen molar-refractivity contribution in [1.82, 2.24) is 24.9 Å². The van der Waals surface area contributed by atoms with Gasteiger partial charge in [-0.3, -0.25) is 4.90 Å². The molecule has 1 N–H and O–H groups in total. The molecule has 0 aromatic carbocycles. The fourth-order valence-electron chi connectivity index (χ4n) is 4.81. The maximum atomic E-state index is 12.7. The second kappa shape index (κ2) is 6.74. The minimum absolute atomic E-state index is 0.0809. The largest absolute Gasteiger partial charge is 0.424 e. The van der Waals surface area contributed by atoms with Crippen molar-refractivity contribution in [3.05, 3.63) is 11.8 Å². The number of aliphatic hydroxyl groups is 1. The van der Waals surface area contributed by atoms with Crippen LogP contribution in [0.5, 0.6) is 0 Å². The molecule has 4 fully saturated rings. The number of hydrogen-bond acceptors (Lipinski definition) is 6. The van der Waals surface area contributed by atoms with Crippen LogP contribution in [0.2, 0.25) is 0 Å². The van der Waals surface area contributed by atoms with Crippen molar-refractivity contribution in [2.24, 2.45) is 5.92 Å². The highest BCUT2D eigenvalue weighted by Crippen LogP contribution is 2.39. The Hall–Kier alpha value is -1.67. The molecule has 148 valence electrons. The molecule has 2 atom stereocenters. The number of urea groups is 1. The Bertz CT molecular complexity index is 699. The van der Waals surface area contributed by atoms with E-state index >= 15 is 0 Å². The van der Waals surface area contributed by atoms with Crippen molar-refractivity contribution in [2.75, 3.05) is 39.3 Å². The number of aromatic nitrogens is 2. The van der Waals surface area contributed by atoms with Gasteiger partial charge in [0.2, 0.25) is 11.8 Å². The van der Waals surface area contributed by atoms with E-state index in [0.29, 0.717) is 37.9 Å². The molecule has 0 bridgehead atoms. The van der Waals surface area contributed by atoms with Crippen LogP contribution in [0.1, 0.15) is 56.2 Å². The molecule has 8 heteroatoms. The Morgan fingerprint density at radius 3 is 2.63 bits per heavy atom. The third-order valence-electron chi connectivity index (χ3n) is 6.77. The van der Waals surface area contributed by atoms with E-state index < -0.39 is 5.60 Å². The third kappa shape index (κ3) is 3.45. The van der Waals surface area contributed by atoms with Gasteiger partial charge in [0.1, 0.15) is 0 Å². The minimum atomic E-state index is -0.647. The molecule has 1 aliphatic carbocycles. The zero-order valence-electron chi connectivity index (χ0n) is 15.8. The van der Waals surface area contributed by atoms with Crippen molar-refractivity contribution in [2.45, 2.75) is 56.6 Å². The van der Waals surface area contributed by atoms with E-state index in [1.54, 1.807) is 0 Å². The lowest BCUT2D eigenvalue weighted by Gasteiger charge is -2.50. The van der Waals surface area contributed by atoms with Crippen LogP contribution >= 0.6 is 0 Å². The molecule has 8 nitrogen and oxygen atoms in total. The number of piperidine rings is 2. The molecular formula is C19H29N5O3. The van der Waals surface area contributed by atoms with Gasteiger partial charge in [-0.25, -0.2) is 4.79 Å². The highest BCUT2D eigenvalue weighted by Gasteiger charge is 2.46. The monoisotopic (exact) mass is 375 g/mol. The summed E-state index contributed by atoms with van der Waals surface area (Å²) in [5, 5.41) is 19.5. The Morgan fingerprint density at radius 2 is 1.85 bits per heavy atom. The Morgan fingerprint density at radius 1 is 1.07 bits per heavy atom. The van der Waals surface area contributed by atoms with Crippen LogP contribution in [0.4, 0.5) is 4.79 Å². The van der Waals surface area contributed by atoms with Crippen LogP contribution in [0.15, 0.2) is 4.42 Å². The van der Waals surface area contributed by atoms with Gasteiger partial charge in [-0.05, 0) is 38.5 Å². The molecule has 0 unspecified atom stereocenters. The highest BCUT2D eigenvalue weighted by atomic mass is 16.4. The fraction of sp³-hybridized carbons (Fsp3) is 0.842. The van der Waals surface area contributed by atoms with Gasteiger partial charge in [-0.1, -0.05) is 0 Å². The van der Waals surface area contributed by atoms with E-state index in [1.165, 1.54) is 0 Å². The lowest BCUT2D eigenvalue weighted by molar-refractivity contribution is -0.109. The van der Waals surface area contributed by atoms with Crippen LogP contribution in [0, 0.1) is 5.92 Å². The topological polar surface area (TPSA) is 85.9 Å². The van der Waals surface area contributed by atoms with Gasteiger partial charge in [0.25, 0.3) is 0 Å². The third-order valence-corrected chi connectivity index (χ3v) is 6.77.